The number of aliphatic hydroxyl groups is 3. The summed E-state index contributed by atoms with van der Waals surface area (Å²) in [6, 6.07) is 5.68. The van der Waals surface area contributed by atoms with Gasteiger partial charge in [-0.2, -0.15) is 0 Å². The molecule has 2 aliphatic heterocycles. The highest BCUT2D eigenvalue weighted by Gasteiger charge is 2.54. The lowest BCUT2D eigenvalue weighted by atomic mass is 9.72. The lowest BCUT2D eigenvalue weighted by molar-refractivity contribution is -0.359. The zero-order valence-electron chi connectivity index (χ0n) is 18.0. The van der Waals surface area contributed by atoms with Crippen molar-refractivity contribution in [2.75, 3.05) is 6.61 Å². The lowest BCUT2D eigenvalue weighted by Crippen LogP contribution is -2.63. The average molecular weight is 474 g/mol. The summed E-state index contributed by atoms with van der Waals surface area (Å²) in [5.41, 5.74) is 2.39. The Kier molecular flexibility index (Phi) is 4.96. The van der Waals surface area contributed by atoms with Crippen LogP contribution in [-0.2, 0) is 14.2 Å². The number of aromatic hydroxyl groups is 4. The minimum atomic E-state index is -1.25. The summed E-state index contributed by atoms with van der Waals surface area (Å²) >= 11 is 0. The maximum absolute atomic E-state index is 10.6. The van der Waals surface area contributed by atoms with E-state index in [1.165, 1.54) is 24.3 Å². The van der Waals surface area contributed by atoms with E-state index in [4.69, 9.17) is 14.2 Å². The molecule has 9 atom stereocenters. The van der Waals surface area contributed by atoms with Crippen molar-refractivity contribution in [1.29, 1.82) is 0 Å². The van der Waals surface area contributed by atoms with Crippen LogP contribution in [0.2, 0.25) is 0 Å². The van der Waals surface area contributed by atoms with Crippen molar-refractivity contribution in [3.63, 3.8) is 0 Å². The quantitative estimate of drug-likeness (QED) is 0.295. The molecule has 2 aromatic rings. The van der Waals surface area contributed by atoms with E-state index in [0.29, 0.717) is 35.1 Å². The number of ether oxygens (including phenoxy) is 3. The van der Waals surface area contributed by atoms with Gasteiger partial charge in [-0.15, -0.1) is 0 Å². The Labute approximate surface area is 194 Å². The molecule has 7 N–H and O–H groups in total. The SMILES string of the molecule is OC[C@H]1C[C@H]2O[C@@H]3C[C@H]4c5cc(O)c(O)cc5-c5cc(O)c(O)cc5[C@@H]4O[C@@H]3O[C@@H]2[C@@H](O)[C@@H]1O. The summed E-state index contributed by atoms with van der Waals surface area (Å²) in [6.45, 7) is -0.288. The Morgan fingerprint density at radius 3 is 2.00 bits per heavy atom. The molecule has 2 heterocycles. The van der Waals surface area contributed by atoms with Gasteiger partial charge in [0, 0.05) is 18.4 Å². The molecular weight excluding hydrogens is 448 g/mol. The van der Waals surface area contributed by atoms with Crippen molar-refractivity contribution in [3.8, 4) is 34.1 Å². The molecule has 10 heteroatoms. The number of phenolic OH excluding ortho intramolecular Hbond substituents is 4. The Bertz CT molecular complexity index is 1140. The average Bonchev–Trinajstić information content (AvgIpc) is 2.82. The number of hydrogen-bond donors (Lipinski definition) is 7. The van der Waals surface area contributed by atoms with Crippen molar-refractivity contribution in [1.82, 2.24) is 0 Å². The molecular formula is C24H26O10. The highest BCUT2D eigenvalue weighted by Crippen LogP contribution is 2.57. The molecule has 182 valence electrons. The number of phenols is 4. The first-order valence-corrected chi connectivity index (χ1v) is 11.3. The monoisotopic (exact) mass is 474 g/mol. The van der Waals surface area contributed by atoms with Gasteiger partial charge in [-0.1, -0.05) is 0 Å². The molecule has 2 saturated heterocycles. The van der Waals surface area contributed by atoms with Crippen LogP contribution in [0.15, 0.2) is 24.3 Å². The van der Waals surface area contributed by atoms with Crippen molar-refractivity contribution < 1.29 is 50.0 Å². The first kappa shape index (κ1) is 21.9. The normalized spacial score (nSPS) is 38.1. The van der Waals surface area contributed by atoms with E-state index in [-0.39, 0.29) is 35.5 Å². The minimum absolute atomic E-state index is 0.288. The van der Waals surface area contributed by atoms with Gasteiger partial charge in [-0.25, -0.2) is 0 Å². The van der Waals surface area contributed by atoms with Crippen LogP contribution in [0.4, 0.5) is 0 Å². The summed E-state index contributed by atoms with van der Waals surface area (Å²) in [5.74, 6) is -2.12. The number of fused-ring (bicyclic) bond motifs is 8. The van der Waals surface area contributed by atoms with E-state index in [0.717, 1.165) is 0 Å². The minimum Gasteiger partial charge on any atom is -0.504 e. The number of benzene rings is 2. The molecule has 1 saturated carbocycles. The van der Waals surface area contributed by atoms with Crippen molar-refractivity contribution in [3.05, 3.63) is 35.4 Å². The third-order valence-corrected chi connectivity index (χ3v) is 7.67. The van der Waals surface area contributed by atoms with Gasteiger partial charge < -0.3 is 50.0 Å². The molecule has 10 nitrogen and oxygen atoms in total. The second kappa shape index (κ2) is 7.70. The van der Waals surface area contributed by atoms with E-state index in [1.54, 1.807) is 0 Å². The smallest absolute Gasteiger partial charge is 0.185 e. The van der Waals surface area contributed by atoms with Gasteiger partial charge in [-0.3, -0.25) is 0 Å². The number of rotatable bonds is 1. The number of aliphatic hydroxyl groups excluding tert-OH is 3. The van der Waals surface area contributed by atoms with Crippen LogP contribution in [0.5, 0.6) is 23.0 Å². The van der Waals surface area contributed by atoms with Gasteiger partial charge in [0.05, 0.1) is 18.3 Å². The number of hydrogen-bond acceptors (Lipinski definition) is 10. The van der Waals surface area contributed by atoms with E-state index < -0.39 is 48.8 Å². The summed E-state index contributed by atoms with van der Waals surface area (Å²) in [5, 5.41) is 71.1. The summed E-state index contributed by atoms with van der Waals surface area (Å²) < 4.78 is 18.6. The third kappa shape index (κ3) is 3.10. The van der Waals surface area contributed by atoms with Crippen molar-refractivity contribution >= 4 is 0 Å². The zero-order valence-corrected chi connectivity index (χ0v) is 18.0. The molecule has 2 aliphatic carbocycles. The van der Waals surface area contributed by atoms with E-state index >= 15 is 0 Å². The fourth-order valence-electron chi connectivity index (χ4n) is 5.95. The highest BCUT2D eigenvalue weighted by molar-refractivity contribution is 5.79. The van der Waals surface area contributed by atoms with Crippen LogP contribution in [0, 0.1) is 5.92 Å². The molecule has 0 unspecified atom stereocenters. The maximum atomic E-state index is 10.6. The van der Waals surface area contributed by atoms with Crippen LogP contribution in [-0.4, -0.2) is 79.2 Å². The van der Waals surface area contributed by atoms with Gasteiger partial charge in [0.2, 0.25) is 0 Å². The third-order valence-electron chi connectivity index (χ3n) is 7.67. The molecule has 0 spiro atoms. The van der Waals surface area contributed by atoms with Gasteiger partial charge in [0.15, 0.2) is 29.3 Å². The first-order chi connectivity index (χ1) is 16.3. The fourth-order valence-corrected chi connectivity index (χ4v) is 5.95. The van der Waals surface area contributed by atoms with Crippen LogP contribution >= 0.6 is 0 Å². The highest BCUT2D eigenvalue weighted by atomic mass is 16.7. The summed E-state index contributed by atoms with van der Waals surface area (Å²) in [4.78, 5) is 0. The molecule has 4 aliphatic rings. The molecule has 34 heavy (non-hydrogen) atoms. The second-order valence-electron chi connectivity index (χ2n) is 9.60. The summed E-state index contributed by atoms with van der Waals surface area (Å²) in [7, 11) is 0. The molecule has 0 aromatic heterocycles. The summed E-state index contributed by atoms with van der Waals surface area (Å²) in [6.07, 6.45) is -5.07. The molecule has 2 aromatic carbocycles. The Hall–Kier alpha value is -2.60. The molecule has 3 fully saturated rings. The molecule has 0 amide bonds. The van der Waals surface area contributed by atoms with Gasteiger partial charge in [-0.05, 0) is 59.4 Å². The van der Waals surface area contributed by atoms with E-state index in [1.807, 2.05) is 0 Å². The van der Waals surface area contributed by atoms with Crippen molar-refractivity contribution in [2.45, 2.75) is 61.7 Å². The van der Waals surface area contributed by atoms with Gasteiger partial charge in [0.25, 0.3) is 0 Å². The zero-order chi connectivity index (χ0) is 23.9. The van der Waals surface area contributed by atoms with Crippen LogP contribution in [0.1, 0.15) is 36.0 Å². The largest absolute Gasteiger partial charge is 0.504 e. The Balaban J connectivity index is 1.39. The Morgan fingerprint density at radius 1 is 0.706 bits per heavy atom. The van der Waals surface area contributed by atoms with Crippen LogP contribution < -0.4 is 0 Å². The van der Waals surface area contributed by atoms with E-state index in [2.05, 4.69) is 0 Å². The molecule has 6 rings (SSSR count). The first-order valence-electron chi connectivity index (χ1n) is 11.3. The molecule has 0 radical (unpaired) electrons. The standard InChI is InChI=1S/C24H26O10/c25-7-8-1-18-23(21(31)20(8)30)34-24-19(32-18)6-13-11-4-15(27)14(26)2-9(11)10-3-16(28)17(29)5-12(10)22(13)33-24/h2-5,8,13,18-31H,1,6-7H2/t8-,13+,18-,19-,20-,21+,22+,23+,24-/m1/s1. The van der Waals surface area contributed by atoms with E-state index in [9.17, 15) is 35.7 Å². The maximum Gasteiger partial charge on any atom is 0.185 e. The van der Waals surface area contributed by atoms with Gasteiger partial charge >= 0.3 is 0 Å². The fraction of sp³-hybridized carbons (Fsp3) is 0.500. The lowest BCUT2D eigenvalue weighted by Gasteiger charge is -2.53. The van der Waals surface area contributed by atoms with Crippen molar-refractivity contribution in [2.24, 2.45) is 5.92 Å². The second-order valence-corrected chi connectivity index (χ2v) is 9.60. The predicted molar refractivity (Wildman–Crippen MR) is 114 cm³/mol. The van der Waals surface area contributed by atoms with Crippen LogP contribution in [0.3, 0.4) is 0 Å². The predicted octanol–water partition coefficient (Wildman–Crippen LogP) is 0.947. The molecule has 0 bridgehead atoms. The Morgan fingerprint density at radius 2 is 1.32 bits per heavy atom. The van der Waals surface area contributed by atoms with Gasteiger partial charge in [0.1, 0.15) is 18.3 Å². The topological polar surface area (TPSA) is 169 Å². The van der Waals surface area contributed by atoms with Crippen LogP contribution in [0.25, 0.3) is 11.1 Å².